The first-order valence-electron chi connectivity index (χ1n) is 7.28. The minimum atomic E-state index is 0.267. The summed E-state index contributed by atoms with van der Waals surface area (Å²) in [5.74, 6) is 0.784. The Morgan fingerprint density at radius 2 is 2.11 bits per heavy atom. The molecule has 2 aliphatic rings. The molecule has 1 aliphatic carbocycles. The fourth-order valence-electron chi connectivity index (χ4n) is 3.44. The van der Waals surface area contributed by atoms with Gasteiger partial charge < -0.3 is 15.0 Å². The molecule has 18 heavy (non-hydrogen) atoms. The molecule has 0 saturated carbocycles. The van der Waals surface area contributed by atoms with E-state index in [9.17, 15) is 0 Å². The highest BCUT2D eigenvalue weighted by Gasteiger charge is 2.24. The van der Waals surface area contributed by atoms with Crippen LogP contribution in [-0.4, -0.2) is 17.8 Å². The first-order valence-corrected chi connectivity index (χ1v) is 7.28. The van der Waals surface area contributed by atoms with Crippen molar-refractivity contribution in [1.82, 2.24) is 4.57 Å². The van der Waals surface area contributed by atoms with Gasteiger partial charge in [0.25, 0.3) is 0 Å². The maximum atomic E-state index is 6.23. The van der Waals surface area contributed by atoms with Gasteiger partial charge in [-0.15, -0.1) is 0 Å². The Bertz CT molecular complexity index is 418. The van der Waals surface area contributed by atoms with Crippen molar-refractivity contribution in [3.8, 4) is 0 Å². The van der Waals surface area contributed by atoms with Crippen LogP contribution in [0.25, 0.3) is 0 Å². The number of hydrogen-bond acceptors (Lipinski definition) is 2. The summed E-state index contributed by atoms with van der Waals surface area (Å²) >= 11 is 0. The summed E-state index contributed by atoms with van der Waals surface area (Å²) in [6, 6.07) is 2.58. The van der Waals surface area contributed by atoms with E-state index in [0.717, 1.165) is 32.1 Å². The highest BCUT2D eigenvalue weighted by molar-refractivity contribution is 5.32. The van der Waals surface area contributed by atoms with Crippen LogP contribution in [0.4, 0.5) is 0 Å². The lowest BCUT2D eigenvalue weighted by Crippen LogP contribution is -2.23. The summed E-state index contributed by atoms with van der Waals surface area (Å²) in [5.41, 5.74) is 10.5. The second-order valence-corrected chi connectivity index (χ2v) is 5.85. The van der Waals surface area contributed by atoms with Gasteiger partial charge in [0.1, 0.15) is 0 Å². The lowest BCUT2D eigenvalue weighted by molar-refractivity contribution is 0.0608. The van der Waals surface area contributed by atoms with Gasteiger partial charge in [-0.2, -0.15) is 0 Å². The van der Waals surface area contributed by atoms with E-state index in [1.807, 2.05) is 0 Å². The van der Waals surface area contributed by atoms with E-state index in [1.165, 1.54) is 42.6 Å². The third-order valence-corrected chi connectivity index (χ3v) is 4.56. The normalized spacial score (nSPS) is 25.1. The van der Waals surface area contributed by atoms with Crippen molar-refractivity contribution >= 4 is 0 Å². The van der Waals surface area contributed by atoms with Crippen molar-refractivity contribution in [2.75, 3.05) is 13.2 Å². The van der Waals surface area contributed by atoms with Crippen molar-refractivity contribution in [1.29, 1.82) is 0 Å². The van der Waals surface area contributed by atoms with Crippen molar-refractivity contribution in [2.45, 2.75) is 51.6 Å². The van der Waals surface area contributed by atoms with Crippen LogP contribution in [0.15, 0.2) is 6.07 Å². The standard InChI is InChI=1S/C15H24N2O/c1-11-9-13-14(16)3-2-4-15(13)17(11)10-12-5-7-18-8-6-12/h9,12,14H,2-8,10,16H2,1H3. The maximum absolute atomic E-state index is 6.23. The van der Waals surface area contributed by atoms with Crippen LogP contribution < -0.4 is 5.73 Å². The van der Waals surface area contributed by atoms with Crippen molar-refractivity contribution in [3.63, 3.8) is 0 Å². The molecule has 3 rings (SSSR count). The fraction of sp³-hybridized carbons (Fsp3) is 0.733. The van der Waals surface area contributed by atoms with Crippen LogP contribution in [-0.2, 0) is 17.7 Å². The van der Waals surface area contributed by atoms with Gasteiger partial charge in [-0.25, -0.2) is 0 Å². The maximum Gasteiger partial charge on any atom is 0.0469 e. The number of nitrogens with zero attached hydrogens (tertiary/aromatic N) is 1. The zero-order valence-electron chi connectivity index (χ0n) is 11.3. The predicted molar refractivity (Wildman–Crippen MR) is 72.6 cm³/mol. The summed E-state index contributed by atoms with van der Waals surface area (Å²) in [6.07, 6.45) is 6.01. The van der Waals surface area contributed by atoms with E-state index < -0.39 is 0 Å². The molecule has 0 aromatic carbocycles. The first-order chi connectivity index (χ1) is 8.75. The lowest BCUT2D eigenvalue weighted by atomic mass is 9.93. The van der Waals surface area contributed by atoms with Crippen LogP contribution in [0.3, 0.4) is 0 Å². The van der Waals surface area contributed by atoms with Gasteiger partial charge in [-0.05, 0) is 56.6 Å². The van der Waals surface area contributed by atoms with Gasteiger partial charge >= 0.3 is 0 Å². The van der Waals surface area contributed by atoms with Crippen molar-refractivity contribution < 1.29 is 4.74 Å². The van der Waals surface area contributed by atoms with E-state index in [1.54, 1.807) is 0 Å². The Hall–Kier alpha value is -0.800. The van der Waals surface area contributed by atoms with Crippen LogP contribution >= 0.6 is 0 Å². The zero-order chi connectivity index (χ0) is 12.5. The molecule has 1 aromatic heterocycles. The second-order valence-electron chi connectivity index (χ2n) is 5.85. The summed E-state index contributed by atoms with van der Waals surface area (Å²) in [4.78, 5) is 0. The minimum absolute atomic E-state index is 0.267. The molecule has 1 atom stereocenters. The molecule has 1 fully saturated rings. The van der Waals surface area contributed by atoms with Crippen LogP contribution in [0.5, 0.6) is 0 Å². The topological polar surface area (TPSA) is 40.2 Å². The smallest absolute Gasteiger partial charge is 0.0469 e. The van der Waals surface area contributed by atoms with Crippen LogP contribution in [0, 0.1) is 12.8 Å². The third-order valence-electron chi connectivity index (χ3n) is 4.56. The molecule has 0 amide bonds. The van der Waals surface area contributed by atoms with E-state index in [0.29, 0.717) is 0 Å². The largest absolute Gasteiger partial charge is 0.381 e. The number of rotatable bonds is 2. The highest BCUT2D eigenvalue weighted by Crippen LogP contribution is 2.32. The molecule has 2 heterocycles. The average molecular weight is 248 g/mol. The molecular formula is C15H24N2O. The highest BCUT2D eigenvalue weighted by atomic mass is 16.5. The summed E-state index contributed by atoms with van der Waals surface area (Å²) in [6.45, 7) is 5.26. The molecule has 0 bridgehead atoms. The Labute approximate surface area is 109 Å². The third kappa shape index (κ3) is 2.21. The number of nitrogens with two attached hydrogens (primary N) is 1. The molecule has 1 aromatic rings. The van der Waals surface area contributed by atoms with Gasteiger partial charge in [0.15, 0.2) is 0 Å². The minimum Gasteiger partial charge on any atom is -0.381 e. The molecule has 1 aliphatic heterocycles. The van der Waals surface area contributed by atoms with Gasteiger partial charge in [0.2, 0.25) is 0 Å². The number of hydrogen-bond donors (Lipinski definition) is 1. The molecule has 3 nitrogen and oxygen atoms in total. The number of aryl methyl sites for hydroxylation is 1. The zero-order valence-corrected chi connectivity index (χ0v) is 11.3. The van der Waals surface area contributed by atoms with Crippen LogP contribution in [0.1, 0.15) is 48.7 Å². The predicted octanol–water partition coefficient (Wildman–Crippen LogP) is 2.56. The Morgan fingerprint density at radius 1 is 1.33 bits per heavy atom. The second kappa shape index (κ2) is 5.06. The molecule has 100 valence electrons. The molecule has 3 heteroatoms. The first kappa shape index (κ1) is 12.2. The Balaban J connectivity index is 1.82. The van der Waals surface area contributed by atoms with Crippen molar-refractivity contribution in [3.05, 3.63) is 23.0 Å². The Morgan fingerprint density at radius 3 is 2.89 bits per heavy atom. The van der Waals surface area contributed by atoms with Gasteiger partial charge in [-0.3, -0.25) is 0 Å². The SMILES string of the molecule is Cc1cc2c(n1CC1CCOCC1)CCCC2N. The summed E-state index contributed by atoms with van der Waals surface area (Å²) in [5, 5.41) is 0. The van der Waals surface area contributed by atoms with Crippen LogP contribution in [0.2, 0.25) is 0 Å². The summed E-state index contributed by atoms with van der Waals surface area (Å²) < 4.78 is 7.98. The molecule has 0 radical (unpaired) electrons. The van der Waals surface area contributed by atoms with E-state index >= 15 is 0 Å². The van der Waals surface area contributed by atoms with Crippen molar-refractivity contribution in [2.24, 2.45) is 11.7 Å². The fourth-order valence-corrected chi connectivity index (χ4v) is 3.44. The number of aromatic nitrogens is 1. The van der Waals surface area contributed by atoms with E-state index in [-0.39, 0.29) is 6.04 Å². The lowest BCUT2D eigenvalue weighted by Gasteiger charge is -2.26. The van der Waals surface area contributed by atoms with Gasteiger partial charge in [-0.1, -0.05) is 0 Å². The number of fused-ring (bicyclic) bond motifs is 1. The van der Waals surface area contributed by atoms with Gasteiger partial charge in [0, 0.05) is 37.2 Å². The molecule has 0 spiro atoms. The molecule has 1 saturated heterocycles. The monoisotopic (exact) mass is 248 g/mol. The number of ether oxygens (including phenoxy) is 1. The van der Waals surface area contributed by atoms with E-state index in [4.69, 9.17) is 10.5 Å². The quantitative estimate of drug-likeness (QED) is 0.873. The van der Waals surface area contributed by atoms with E-state index in [2.05, 4.69) is 17.6 Å². The Kier molecular flexibility index (Phi) is 3.44. The van der Waals surface area contributed by atoms with Gasteiger partial charge in [0.05, 0.1) is 0 Å². The average Bonchev–Trinajstić information content (AvgIpc) is 2.70. The summed E-state index contributed by atoms with van der Waals surface area (Å²) in [7, 11) is 0. The molecular weight excluding hydrogens is 224 g/mol. The molecule has 2 N–H and O–H groups in total. The molecule has 1 unspecified atom stereocenters.